The minimum atomic E-state index is 0.141. The number of piperidine rings is 1. The van der Waals surface area contributed by atoms with E-state index < -0.39 is 0 Å². The molecule has 5 nitrogen and oxygen atoms in total. The molecule has 0 bridgehead atoms. The van der Waals surface area contributed by atoms with Gasteiger partial charge in [0.2, 0.25) is 0 Å². The summed E-state index contributed by atoms with van der Waals surface area (Å²) in [6.07, 6.45) is 4.99. The Kier molecular flexibility index (Phi) is 5.94. The summed E-state index contributed by atoms with van der Waals surface area (Å²) in [5.41, 5.74) is 1.74. The summed E-state index contributed by atoms with van der Waals surface area (Å²) in [5, 5.41) is 15.2. The Bertz CT molecular complexity index is 810. The number of halogens is 1. The molecule has 2 N–H and O–H groups in total. The predicted molar refractivity (Wildman–Crippen MR) is 107 cm³/mol. The first-order valence-corrected chi connectivity index (χ1v) is 9.64. The van der Waals surface area contributed by atoms with Crippen LogP contribution < -0.4 is 10.2 Å². The quantitative estimate of drug-likeness (QED) is 0.554. The zero-order valence-electron chi connectivity index (χ0n) is 15.0. The molecule has 0 atom stereocenters. The van der Waals surface area contributed by atoms with Crippen LogP contribution in [-0.2, 0) is 6.54 Å². The molecule has 1 saturated heterocycles. The third-order valence-corrected chi connectivity index (χ3v) is 5.66. The van der Waals surface area contributed by atoms with Crippen LogP contribution in [0.3, 0.4) is 0 Å². The van der Waals surface area contributed by atoms with E-state index in [1.807, 2.05) is 0 Å². The summed E-state index contributed by atoms with van der Waals surface area (Å²) in [5.74, 6) is 0.668. The van der Waals surface area contributed by atoms with Gasteiger partial charge < -0.3 is 4.74 Å². The van der Waals surface area contributed by atoms with E-state index in [-0.39, 0.29) is 10.9 Å². The Morgan fingerprint density at radius 2 is 1.92 bits per heavy atom. The molecule has 2 heterocycles. The van der Waals surface area contributed by atoms with Crippen molar-refractivity contribution in [3.63, 3.8) is 0 Å². The fraction of sp³-hybridized carbons (Fsp3) is 0.400. The Hall–Kier alpha value is -1.92. The van der Waals surface area contributed by atoms with E-state index in [9.17, 15) is 0 Å². The number of hydrogen-bond donors (Lipinski definition) is 2. The van der Waals surface area contributed by atoms with Gasteiger partial charge in [0.05, 0.1) is 17.4 Å². The number of pyridine rings is 1. The molecule has 0 unspecified atom stereocenters. The van der Waals surface area contributed by atoms with Crippen molar-refractivity contribution in [2.24, 2.45) is 5.41 Å². The number of ether oxygens (including phenoxy) is 1. The van der Waals surface area contributed by atoms with E-state index in [0.29, 0.717) is 12.4 Å². The number of benzene rings is 1. The number of aromatic nitrogens is 1. The Morgan fingerprint density at radius 3 is 2.58 bits per heavy atom. The van der Waals surface area contributed by atoms with Gasteiger partial charge in [0.25, 0.3) is 0 Å². The van der Waals surface area contributed by atoms with Gasteiger partial charge in [-0.25, -0.2) is 0 Å². The lowest BCUT2D eigenvalue weighted by Gasteiger charge is -2.39. The van der Waals surface area contributed by atoms with Crippen LogP contribution in [0.2, 0.25) is 0 Å². The fourth-order valence-corrected chi connectivity index (χ4v) is 3.68. The Balaban J connectivity index is 1.55. The average molecular weight is 417 g/mol. The van der Waals surface area contributed by atoms with Gasteiger partial charge in [0.15, 0.2) is 0 Å². The maximum absolute atomic E-state index is 7.92. The largest absolute Gasteiger partial charge is 0.492 e. The number of hydrogen-bond acceptors (Lipinski definition) is 4. The van der Waals surface area contributed by atoms with Gasteiger partial charge in [0, 0.05) is 24.2 Å². The van der Waals surface area contributed by atoms with Crippen LogP contribution in [0.15, 0.2) is 47.1 Å². The van der Waals surface area contributed by atoms with Crippen LogP contribution in [0.25, 0.3) is 0 Å². The van der Waals surface area contributed by atoms with E-state index in [1.54, 1.807) is 12.3 Å². The third-order valence-electron chi connectivity index (χ3n) is 5.06. The lowest BCUT2D eigenvalue weighted by Crippen LogP contribution is -2.41. The standard InChI is InChI=1S/C20H25BrN4O/c1-20(14-26-18-11-19(23)25(15-22)13-17(18)21)7-9-24(10-8-20)12-16-5-3-2-4-6-16/h2-6,11,13,15,22-23H,7-10,12,14H2,1H3. The van der Waals surface area contributed by atoms with Crippen molar-refractivity contribution in [3.05, 3.63) is 58.1 Å². The number of nitrogens with one attached hydrogen (secondary N) is 2. The Morgan fingerprint density at radius 1 is 1.23 bits per heavy atom. The molecule has 1 aliphatic rings. The third kappa shape index (κ3) is 4.62. The molecule has 0 aliphatic carbocycles. The van der Waals surface area contributed by atoms with E-state index >= 15 is 0 Å². The molecule has 138 valence electrons. The van der Waals surface area contributed by atoms with Crippen molar-refractivity contribution in [2.45, 2.75) is 26.3 Å². The van der Waals surface area contributed by atoms with E-state index in [0.717, 1.165) is 43.3 Å². The number of rotatable bonds is 6. The predicted octanol–water partition coefficient (Wildman–Crippen LogP) is 3.87. The molecule has 3 rings (SSSR count). The molecule has 1 fully saturated rings. The van der Waals surface area contributed by atoms with Gasteiger partial charge in [0.1, 0.15) is 11.2 Å². The second kappa shape index (κ2) is 8.18. The maximum atomic E-state index is 7.92. The van der Waals surface area contributed by atoms with E-state index in [4.69, 9.17) is 15.6 Å². The van der Waals surface area contributed by atoms with Crippen molar-refractivity contribution in [1.29, 1.82) is 10.8 Å². The van der Waals surface area contributed by atoms with Gasteiger partial charge >= 0.3 is 0 Å². The van der Waals surface area contributed by atoms with Crippen LogP contribution in [0.1, 0.15) is 25.3 Å². The molecule has 0 spiro atoms. The van der Waals surface area contributed by atoms with Crippen LogP contribution in [0, 0.1) is 16.2 Å². The van der Waals surface area contributed by atoms with Gasteiger partial charge in [-0.15, -0.1) is 0 Å². The van der Waals surface area contributed by atoms with Gasteiger partial charge in [-0.1, -0.05) is 37.3 Å². The van der Waals surface area contributed by atoms with Gasteiger partial charge in [-0.05, 0) is 47.4 Å². The zero-order valence-corrected chi connectivity index (χ0v) is 16.6. The summed E-state index contributed by atoms with van der Waals surface area (Å²) in [7, 11) is 0. The molecule has 0 amide bonds. The fourth-order valence-electron chi connectivity index (χ4n) is 3.23. The Labute approximate surface area is 162 Å². The summed E-state index contributed by atoms with van der Waals surface area (Å²) in [6.45, 7) is 6.07. The number of likely N-dealkylation sites (tertiary alicyclic amines) is 1. The SMILES string of the molecule is CC1(COc2cc(=N)n(C=N)cc2Br)CCN(Cc2ccccc2)CC1. The van der Waals surface area contributed by atoms with Crippen molar-refractivity contribution < 1.29 is 4.74 Å². The first-order valence-electron chi connectivity index (χ1n) is 8.85. The summed E-state index contributed by atoms with van der Waals surface area (Å²) < 4.78 is 8.24. The molecule has 1 aliphatic heterocycles. The second-order valence-electron chi connectivity index (χ2n) is 7.27. The minimum Gasteiger partial charge on any atom is -0.492 e. The molecule has 6 heteroatoms. The minimum absolute atomic E-state index is 0.141. The summed E-state index contributed by atoms with van der Waals surface area (Å²) in [6, 6.07) is 12.3. The monoisotopic (exact) mass is 416 g/mol. The van der Waals surface area contributed by atoms with Crippen LogP contribution in [0.4, 0.5) is 0 Å². The normalized spacial score (nSPS) is 17.0. The molecule has 1 aromatic carbocycles. The molecule has 0 saturated carbocycles. The smallest absolute Gasteiger partial charge is 0.138 e. The summed E-state index contributed by atoms with van der Waals surface area (Å²) in [4.78, 5) is 2.50. The van der Waals surface area contributed by atoms with Crippen molar-refractivity contribution >= 4 is 22.3 Å². The van der Waals surface area contributed by atoms with Gasteiger partial charge in [-0.2, -0.15) is 0 Å². The highest BCUT2D eigenvalue weighted by Gasteiger charge is 2.31. The van der Waals surface area contributed by atoms with E-state index in [2.05, 4.69) is 58.1 Å². The van der Waals surface area contributed by atoms with Crippen molar-refractivity contribution in [1.82, 2.24) is 9.47 Å². The lowest BCUT2D eigenvalue weighted by atomic mass is 9.81. The van der Waals surface area contributed by atoms with Crippen molar-refractivity contribution in [2.75, 3.05) is 19.7 Å². The molecular formula is C20H25BrN4O. The molecular weight excluding hydrogens is 392 g/mol. The maximum Gasteiger partial charge on any atom is 0.138 e. The first-order chi connectivity index (χ1) is 12.5. The van der Waals surface area contributed by atoms with Crippen LogP contribution >= 0.6 is 15.9 Å². The highest BCUT2D eigenvalue weighted by atomic mass is 79.9. The van der Waals surface area contributed by atoms with Crippen LogP contribution in [0.5, 0.6) is 5.75 Å². The average Bonchev–Trinajstić information content (AvgIpc) is 2.65. The summed E-state index contributed by atoms with van der Waals surface area (Å²) >= 11 is 3.47. The highest BCUT2D eigenvalue weighted by molar-refractivity contribution is 9.10. The number of nitrogens with zero attached hydrogens (tertiary/aromatic N) is 2. The molecule has 2 aromatic rings. The first kappa shape index (κ1) is 18.9. The van der Waals surface area contributed by atoms with Gasteiger partial charge in [-0.3, -0.25) is 20.3 Å². The highest BCUT2D eigenvalue weighted by Crippen LogP contribution is 2.33. The van der Waals surface area contributed by atoms with E-state index in [1.165, 1.54) is 10.1 Å². The molecule has 1 aromatic heterocycles. The topological polar surface area (TPSA) is 65.1 Å². The second-order valence-corrected chi connectivity index (χ2v) is 8.12. The molecule has 0 radical (unpaired) electrons. The van der Waals surface area contributed by atoms with Crippen LogP contribution in [-0.4, -0.2) is 35.5 Å². The zero-order chi connectivity index (χ0) is 18.6. The van der Waals surface area contributed by atoms with Crippen molar-refractivity contribution in [3.8, 4) is 5.75 Å². The molecule has 26 heavy (non-hydrogen) atoms. The lowest BCUT2D eigenvalue weighted by molar-refractivity contribution is 0.0652.